The molecule has 96 valence electrons. The highest BCUT2D eigenvalue weighted by atomic mass is 16.8. The molecule has 3 rings (SSSR count). The van der Waals surface area contributed by atoms with E-state index >= 15 is 0 Å². The Morgan fingerprint density at radius 3 is 1.61 bits per heavy atom. The average Bonchev–Trinajstić information content (AvgIpc) is 2.99. The van der Waals surface area contributed by atoms with Crippen molar-refractivity contribution in [2.45, 2.75) is 12.1 Å². The first kappa shape index (κ1) is 11.1. The quantitative estimate of drug-likeness (QED) is 0.625. The van der Waals surface area contributed by atoms with Crippen molar-refractivity contribution >= 4 is 11.6 Å². The number of carbonyl (C=O) groups is 2. The molecular formula is C10H10N2O6. The number of hydrogen-bond donors (Lipinski definition) is 2. The van der Waals surface area contributed by atoms with E-state index in [1.807, 2.05) is 0 Å². The number of hydrogen-bond acceptors (Lipinski definition) is 8. The number of fused-ring (bicyclic) bond motifs is 2. The lowest BCUT2D eigenvalue weighted by atomic mass is 9.82. The molecular weight excluding hydrogens is 244 g/mol. The molecule has 18 heavy (non-hydrogen) atoms. The Labute approximate surface area is 101 Å². The zero-order valence-corrected chi connectivity index (χ0v) is 9.60. The first-order valence-electron chi connectivity index (χ1n) is 5.18. The van der Waals surface area contributed by atoms with Crippen LogP contribution in [0.5, 0.6) is 0 Å². The summed E-state index contributed by atoms with van der Waals surface area (Å²) < 4.78 is 9.81. The molecule has 2 heterocycles. The molecule has 0 bridgehead atoms. The first-order chi connectivity index (χ1) is 8.69. The monoisotopic (exact) mass is 254 g/mol. The maximum absolute atomic E-state index is 12.2. The lowest BCUT2D eigenvalue weighted by Crippen LogP contribution is -2.50. The van der Waals surface area contributed by atoms with Gasteiger partial charge in [-0.3, -0.25) is 9.59 Å². The summed E-state index contributed by atoms with van der Waals surface area (Å²) >= 11 is 0. The summed E-state index contributed by atoms with van der Waals surface area (Å²) in [4.78, 5) is 34.4. The van der Waals surface area contributed by atoms with Crippen LogP contribution in [0, 0.1) is 0 Å². The van der Waals surface area contributed by atoms with Crippen LogP contribution in [-0.4, -0.2) is 37.9 Å². The van der Waals surface area contributed by atoms with Gasteiger partial charge in [-0.05, 0) is 0 Å². The molecule has 0 spiro atoms. The van der Waals surface area contributed by atoms with E-state index in [1.54, 1.807) is 0 Å². The highest BCUT2D eigenvalue weighted by Crippen LogP contribution is 2.34. The second-order valence-electron chi connectivity index (χ2n) is 3.84. The Morgan fingerprint density at radius 2 is 1.28 bits per heavy atom. The van der Waals surface area contributed by atoms with Crippen LogP contribution < -0.4 is 11.0 Å². The Hall–Kier alpha value is -2.06. The molecule has 0 radical (unpaired) electrons. The maximum atomic E-state index is 12.2. The lowest BCUT2D eigenvalue weighted by Gasteiger charge is -2.20. The van der Waals surface area contributed by atoms with Crippen LogP contribution in [0.15, 0.2) is 23.0 Å². The number of rotatable bonds is 2. The highest BCUT2D eigenvalue weighted by Gasteiger charge is 2.54. The minimum Gasteiger partial charge on any atom is -0.467 e. The van der Waals surface area contributed by atoms with E-state index in [0.717, 1.165) is 0 Å². The van der Waals surface area contributed by atoms with Gasteiger partial charge in [0.2, 0.25) is 0 Å². The van der Waals surface area contributed by atoms with Gasteiger partial charge < -0.3 is 19.1 Å². The van der Waals surface area contributed by atoms with Crippen molar-refractivity contribution in [2.75, 3.05) is 14.2 Å². The van der Waals surface area contributed by atoms with Crippen molar-refractivity contribution in [1.82, 2.24) is 11.0 Å². The summed E-state index contributed by atoms with van der Waals surface area (Å²) in [6.07, 6.45) is 0. The lowest BCUT2D eigenvalue weighted by molar-refractivity contribution is -0.126. The fourth-order valence-electron chi connectivity index (χ4n) is 2.16. The number of ketones is 2. The fraction of sp³-hybridized carbons (Fsp3) is 0.400. The molecule has 0 saturated heterocycles. The van der Waals surface area contributed by atoms with Gasteiger partial charge in [0.15, 0.2) is 11.6 Å². The largest absolute Gasteiger partial charge is 0.467 e. The molecule has 1 saturated carbocycles. The number of ether oxygens (including phenoxy) is 2. The summed E-state index contributed by atoms with van der Waals surface area (Å²) in [7, 11) is 2.71. The van der Waals surface area contributed by atoms with Crippen molar-refractivity contribution in [1.29, 1.82) is 0 Å². The Bertz CT molecular complexity index is 462. The van der Waals surface area contributed by atoms with Gasteiger partial charge in [0.25, 0.3) is 0 Å². The van der Waals surface area contributed by atoms with Gasteiger partial charge in [0.1, 0.15) is 23.2 Å². The smallest absolute Gasteiger partial charge is 0.308 e. The molecule has 3 aliphatic rings. The summed E-state index contributed by atoms with van der Waals surface area (Å²) in [5.74, 6) is -0.679. The van der Waals surface area contributed by atoms with Gasteiger partial charge in [-0.2, -0.15) is 0 Å². The van der Waals surface area contributed by atoms with E-state index in [0.29, 0.717) is 0 Å². The fourth-order valence-corrected chi connectivity index (χ4v) is 2.16. The van der Waals surface area contributed by atoms with E-state index in [2.05, 4.69) is 11.0 Å². The molecule has 2 aliphatic heterocycles. The Balaban J connectivity index is 2.10. The molecule has 1 aliphatic carbocycles. The van der Waals surface area contributed by atoms with Gasteiger partial charge >= 0.3 is 11.9 Å². The zero-order valence-electron chi connectivity index (χ0n) is 9.60. The normalized spacial score (nSPS) is 29.9. The van der Waals surface area contributed by atoms with E-state index in [9.17, 15) is 9.59 Å². The number of nitrogens with one attached hydrogen (secondary N) is 2. The number of hydroxylamine groups is 2. The topological polar surface area (TPSA) is 95.1 Å². The van der Waals surface area contributed by atoms with Gasteiger partial charge in [-0.1, -0.05) is 0 Å². The standard InChI is InChI=1S/C10H10N2O6/c1-15-9-3-5(11-17-9)8(14)4-6(7(3)13)12-18-10(4)16-2/h5-6,11-12H,1-2H3. The van der Waals surface area contributed by atoms with Crippen molar-refractivity contribution < 1.29 is 28.7 Å². The van der Waals surface area contributed by atoms with Gasteiger partial charge in [-0.25, -0.2) is 0 Å². The van der Waals surface area contributed by atoms with E-state index < -0.39 is 12.1 Å². The summed E-state index contributed by atoms with van der Waals surface area (Å²) in [5.41, 5.74) is 5.22. The van der Waals surface area contributed by atoms with Gasteiger partial charge in [0, 0.05) is 0 Å². The molecule has 1 fully saturated rings. The summed E-state index contributed by atoms with van der Waals surface area (Å²) in [6, 6.07) is -1.76. The maximum Gasteiger partial charge on any atom is 0.308 e. The van der Waals surface area contributed by atoms with E-state index in [4.69, 9.17) is 19.1 Å². The second kappa shape index (κ2) is 3.72. The molecule has 0 aromatic heterocycles. The molecule has 8 heteroatoms. The molecule has 2 N–H and O–H groups in total. The third kappa shape index (κ3) is 1.21. The Kier molecular flexibility index (Phi) is 2.28. The Morgan fingerprint density at radius 1 is 0.889 bits per heavy atom. The SMILES string of the molecule is COC1=C2C(=O)C3NOC(OC)=C3C(=O)C2NO1. The molecule has 0 aromatic rings. The van der Waals surface area contributed by atoms with Crippen LogP contribution >= 0.6 is 0 Å². The number of Topliss-reactive ketones (excluding diaryl/α,β-unsaturated/α-hetero) is 2. The average molecular weight is 254 g/mol. The summed E-state index contributed by atoms with van der Waals surface area (Å²) in [6.45, 7) is 0. The van der Waals surface area contributed by atoms with Crippen LogP contribution in [0.3, 0.4) is 0 Å². The minimum absolute atomic E-state index is 0.00469. The van der Waals surface area contributed by atoms with Crippen molar-refractivity contribution in [2.24, 2.45) is 0 Å². The van der Waals surface area contributed by atoms with Crippen LogP contribution in [0.1, 0.15) is 0 Å². The summed E-state index contributed by atoms with van der Waals surface area (Å²) in [5, 5.41) is 0. The second-order valence-corrected chi connectivity index (χ2v) is 3.84. The predicted octanol–water partition coefficient (Wildman–Crippen LogP) is -1.34. The molecule has 2 unspecified atom stereocenters. The number of carbonyl (C=O) groups excluding carboxylic acids is 2. The zero-order chi connectivity index (χ0) is 12.9. The molecule has 0 aromatic carbocycles. The van der Waals surface area contributed by atoms with E-state index in [-0.39, 0.29) is 34.6 Å². The van der Waals surface area contributed by atoms with Crippen molar-refractivity contribution in [3.8, 4) is 0 Å². The van der Waals surface area contributed by atoms with Gasteiger partial charge in [-0.15, -0.1) is 11.0 Å². The highest BCUT2D eigenvalue weighted by molar-refractivity contribution is 6.21. The predicted molar refractivity (Wildman–Crippen MR) is 54.1 cm³/mol. The van der Waals surface area contributed by atoms with Crippen molar-refractivity contribution in [3.63, 3.8) is 0 Å². The molecule has 2 atom stereocenters. The third-order valence-corrected chi connectivity index (χ3v) is 2.98. The van der Waals surface area contributed by atoms with Crippen LogP contribution in [0.2, 0.25) is 0 Å². The van der Waals surface area contributed by atoms with E-state index in [1.165, 1.54) is 14.2 Å². The first-order valence-corrected chi connectivity index (χ1v) is 5.18. The number of methoxy groups -OCH3 is 2. The minimum atomic E-state index is -0.882. The third-order valence-electron chi connectivity index (χ3n) is 2.98. The molecule has 0 amide bonds. The molecule has 8 nitrogen and oxygen atoms in total. The van der Waals surface area contributed by atoms with Crippen molar-refractivity contribution in [3.05, 3.63) is 23.0 Å². The van der Waals surface area contributed by atoms with Crippen LogP contribution in [0.25, 0.3) is 0 Å². The van der Waals surface area contributed by atoms with Crippen LogP contribution in [-0.2, 0) is 28.7 Å². The van der Waals surface area contributed by atoms with Crippen LogP contribution in [0.4, 0.5) is 0 Å². The van der Waals surface area contributed by atoms with Gasteiger partial charge in [0.05, 0.1) is 14.2 Å².